The number of hydrogen-bond donors (Lipinski definition) is 2. The predicted octanol–water partition coefficient (Wildman–Crippen LogP) is 3.87. The van der Waals surface area contributed by atoms with Gasteiger partial charge in [-0.2, -0.15) is 0 Å². The van der Waals surface area contributed by atoms with Crippen molar-refractivity contribution in [1.29, 1.82) is 0 Å². The number of nitrogens with one attached hydrogen (secondary N) is 2. The van der Waals surface area contributed by atoms with Gasteiger partial charge in [0, 0.05) is 61.1 Å². The van der Waals surface area contributed by atoms with Crippen LogP contribution in [0.3, 0.4) is 0 Å². The number of rotatable bonds is 8. The zero-order valence-electron chi connectivity index (χ0n) is 18.5. The lowest BCUT2D eigenvalue weighted by molar-refractivity contribution is 0.153. The van der Waals surface area contributed by atoms with Gasteiger partial charge in [0.25, 0.3) is 0 Å². The molecule has 1 fully saturated rings. The molecule has 2 aromatic carbocycles. The van der Waals surface area contributed by atoms with E-state index in [9.17, 15) is 8.78 Å². The molecule has 1 unspecified atom stereocenters. The molecular weight excluding hydrogens is 422 g/mol. The standard InChI is InChI=1S/C25H28F2N6/c26-20-10-18(11-21(27)12-20)6-8-32-9-7-28-15-23(32)3-1-2-19-14-29-25-5-4-22(13-24(19)25)33-16-30-31-17-33/h4-5,10-14,16-17,23,28-29H,1-3,6-9,15H2. The van der Waals surface area contributed by atoms with E-state index in [1.165, 1.54) is 23.1 Å². The smallest absolute Gasteiger partial charge is 0.126 e. The summed E-state index contributed by atoms with van der Waals surface area (Å²) in [5.41, 5.74) is 4.20. The molecule has 5 rings (SSSR count). The first kappa shape index (κ1) is 21.7. The van der Waals surface area contributed by atoms with E-state index in [-0.39, 0.29) is 0 Å². The average Bonchev–Trinajstić information content (AvgIpc) is 3.48. The van der Waals surface area contributed by atoms with Crippen LogP contribution in [0.5, 0.6) is 0 Å². The second-order valence-corrected chi connectivity index (χ2v) is 8.73. The summed E-state index contributed by atoms with van der Waals surface area (Å²) in [5.74, 6) is -1.01. The molecular formula is C25H28F2N6. The molecule has 172 valence electrons. The van der Waals surface area contributed by atoms with Crippen molar-refractivity contribution in [2.24, 2.45) is 0 Å². The Morgan fingerprint density at radius 3 is 2.64 bits per heavy atom. The molecule has 0 amide bonds. The van der Waals surface area contributed by atoms with Gasteiger partial charge in [-0.15, -0.1) is 10.2 Å². The number of aromatic amines is 1. The SMILES string of the molecule is Fc1cc(F)cc(CCN2CCNCC2CCCc2c[nH]c3ccc(-n4cnnc4)cc23)c1. The fourth-order valence-corrected chi connectivity index (χ4v) is 4.81. The maximum atomic E-state index is 13.5. The summed E-state index contributed by atoms with van der Waals surface area (Å²) in [7, 11) is 0. The minimum atomic E-state index is -0.506. The molecule has 1 saturated heterocycles. The molecule has 1 atom stereocenters. The van der Waals surface area contributed by atoms with Crippen molar-refractivity contribution >= 4 is 10.9 Å². The molecule has 8 heteroatoms. The molecule has 33 heavy (non-hydrogen) atoms. The summed E-state index contributed by atoms with van der Waals surface area (Å²) in [4.78, 5) is 5.84. The highest BCUT2D eigenvalue weighted by Crippen LogP contribution is 2.24. The predicted molar refractivity (Wildman–Crippen MR) is 124 cm³/mol. The number of fused-ring (bicyclic) bond motifs is 1. The largest absolute Gasteiger partial charge is 0.361 e. The van der Waals surface area contributed by atoms with Gasteiger partial charge in [0.05, 0.1) is 0 Å². The molecule has 6 nitrogen and oxygen atoms in total. The Hall–Kier alpha value is -3.10. The van der Waals surface area contributed by atoms with Gasteiger partial charge in [-0.05, 0) is 67.1 Å². The van der Waals surface area contributed by atoms with Crippen LogP contribution in [-0.4, -0.2) is 56.9 Å². The van der Waals surface area contributed by atoms with Crippen molar-refractivity contribution in [3.63, 3.8) is 0 Å². The summed E-state index contributed by atoms with van der Waals surface area (Å²) in [5, 5.41) is 12.5. The van der Waals surface area contributed by atoms with Crippen molar-refractivity contribution < 1.29 is 8.78 Å². The molecule has 0 bridgehead atoms. The monoisotopic (exact) mass is 450 g/mol. The summed E-state index contributed by atoms with van der Waals surface area (Å²) in [6.07, 6.45) is 9.30. The van der Waals surface area contributed by atoms with Gasteiger partial charge in [0.1, 0.15) is 24.3 Å². The zero-order chi connectivity index (χ0) is 22.6. The molecule has 4 aromatic rings. The van der Waals surface area contributed by atoms with E-state index >= 15 is 0 Å². The Bertz CT molecular complexity index is 1180. The first-order valence-corrected chi connectivity index (χ1v) is 11.5. The first-order chi connectivity index (χ1) is 16.2. The van der Waals surface area contributed by atoms with Gasteiger partial charge in [-0.25, -0.2) is 8.78 Å². The van der Waals surface area contributed by atoms with Crippen LogP contribution in [0.25, 0.3) is 16.6 Å². The van der Waals surface area contributed by atoms with Crippen LogP contribution >= 0.6 is 0 Å². The molecule has 0 aliphatic carbocycles. The molecule has 3 heterocycles. The third-order valence-corrected chi connectivity index (χ3v) is 6.53. The normalized spacial score (nSPS) is 17.1. The van der Waals surface area contributed by atoms with Crippen LogP contribution in [0.4, 0.5) is 8.78 Å². The summed E-state index contributed by atoms with van der Waals surface area (Å²) in [6.45, 7) is 3.66. The van der Waals surface area contributed by atoms with Crippen LogP contribution in [-0.2, 0) is 12.8 Å². The second kappa shape index (κ2) is 9.80. The van der Waals surface area contributed by atoms with E-state index < -0.39 is 11.6 Å². The number of aromatic nitrogens is 4. The molecule has 2 aromatic heterocycles. The van der Waals surface area contributed by atoms with E-state index in [0.29, 0.717) is 18.0 Å². The van der Waals surface area contributed by atoms with Crippen molar-refractivity contribution in [1.82, 2.24) is 30.0 Å². The van der Waals surface area contributed by atoms with Crippen LogP contribution in [0.2, 0.25) is 0 Å². The molecule has 0 spiro atoms. The Morgan fingerprint density at radius 2 is 1.82 bits per heavy atom. The zero-order valence-corrected chi connectivity index (χ0v) is 18.5. The summed E-state index contributed by atoms with van der Waals surface area (Å²) >= 11 is 0. The van der Waals surface area contributed by atoms with E-state index in [1.54, 1.807) is 12.7 Å². The van der Waals surface area contributed by atoms with Crippen LogP contribution < -0.4 is 5.32 Å². The topological polar surface area (TPSA) is 61.8 Å². The lowest BCUT2D eigenvalue weighted by Crippen LogP contribution is -2.51. The van der Waals surface area contributed by atoms with Crippen LogP contribution in [0.1, 0.15) is 24.0 Å². The third kappa shape index (κ3) is 5.12. The number of H-pyrrole nitrogens is 1. The highest BCUT2D eigenvalue weighted by molar-refractivity contribution is 5.85. The van der Waals surface area contributed by atoms with Gasteiger partial charge in [0.2, 0.25) is 0 Å². The number of hydrogen-bond acceptors (Lipinski definition) is 4. The highest BCUT2D eigenvalue weighted by Gasteiger charge is 2.21. The quantitative estimate of drug-likeness (QED) is 0.428. The summed E-state index contributed by atoms with van der Waals surface area (Å²) in [6, 6.07) is 10.6. The van der Waals surface area contributed by atoms with Crippen molar-refractivity contribution in [2.45, 2.75) is 31.7 Å². The number of halogens is 2. The van der Waals surface area contributed by atoms with Gasteiger partial charge in [0.15, 0.2) is 0 Å². The van der Waals surface area contributed by atoms with Crippen LogP contribution in [0.15, 0.2) is 55.2 Å². The lowest BCUT2D eigenvalue weighted by Gasteiger charge is -2.36. The van der Waals surface area contributed by atoms with Crippen LogP contribution in [0, 0.1) is 11.6 Å². The maximum Gasteiger partial charge on any atom is 0.126 e. The van der Waals surface area contributed by atoms with Crippen molar-refractivity contribution in [2.75, 3.05) is 26.2 Å². The Morgan fingerprint density at radius 1 is 1.00 bits per heavy atom. The second-order valence-electron chi connectivity index (χ2n) is 8.73. The number of benzene rings is 2. The van der Waals surface area contributed by atoms with Crippen molar-refractivity contribution in [3.8, 4) is 5.69 Å². The van der Waals surface area contributed by atoms with Crippen molar-refractivity contribution in [3.05, 3.63) is 78.0 Å². The Labute approximate surface area is 191 Å². The van der Waals surface area contributed by atoms with E-state index in [1.807, 2.05) is 4.57 Å². The first-order valence-electron chi connectivity index (χ1n) is 11.5. The molecule has 0 saturated carbocycles. The van der Waals surface area contributed by atoms with Gasteiger partial charge < -0.3 is 10.3 Å². The van der Waals surface area contributed by atoms with Gasteiger partial charge in [-0.1, -0.05) is 0 Å². The van der Waals surface area contributed by atoms with Gasteiger partial charge in [-0.3, -0.25) is 9.47 Å². The fraction of sp³-hybridized carbons (Fsp3) is 0.360. The molecule has 0 radical (unpaired) electrons. The molecule has 2 N–H and O–H groups in total. The minimum Gasteiger partial charge on any atom is -0.361 e. The minimum absolute atomic E-state index is 0.426. The number of aryl methyl sites for hydroxylation is 1. The van der Waals surface area contributed by atoms with Gasteiger partial charge >= 0.3 is 0 Å². The number of nitrogens with zero attached hydrogens (tertiary/aromatic N) is 4. The Balaban J connectivity index is 1.20. The van der Waals surface area contributed by atoms with E-state index in [4.69, 9.17) is 0 Å². The highest BCUT2D eigenvalue weighted by atomic mass is 19.1. The molecule has 1 aliphatic rings. The fourth-order valence-electron chi connectivity index (χ4n) is 4.81. The van der Waals surface area contributed by atoms with E-state index in [0.717, 1.165) is 62.7 Å². The Kier molecular flexibility index (Phi) is 6.46. The summed E-state index contributed by atoms with van der Waals surface area (Å²) < 4.78 is 28.9. The molecule has 1 aliphatic heterocycles. The maximum absolute atomic E-state index is 13.5. The van der Waals surface area contributed by atoms with E-state index in [2.05, 4.69) is 49.8 Å². The lowest BCUT2D eigenvalue weighted by atomic mass is 10.0. The number of piperazine rings is 1. The average molecular weight is 451 g/mol. The third-order valence-electron chi connectivity index (χ3n) is 6.53.